The number of sulfonamides is 1. The Morgan fingerprint density at radius 2 is 1.88 bits per heavy atom. The molecular formula is C19H19ClN2O2S. The quantitative estimate of drug-likeness (QED) is 0.743. The molecule has 1 atom stereocenters. The lowest BCUT2D eigenvalue weighted by molar-refractivity contribution is 0.386. The Kier molecular flexibility index (Phi) is 4.31. The number of aromatic amines is 1. The van der Waals surface area contributed by atoms with Gasteiger partial charge in [-0.2, -0.15) is 4.31 Å². The molecule has 4 rings (SSSR count). The van der Waals surface area contributed by atoms with Crippen molar-refractivity contribution in [1.82, 2.24) is 9.29 Å². The fourth-order valence-electron chi connectivity index (χ4n) is 3.66. The minimum absolute atomic E-state index is 0.0412. The first-order valence-corrected chi connectivity index (χ1v) is 10.2. The van der Waals surface area contributed by atoms with Gasteiger partial charge in [-0.05, 0) is 43.0 Å². The Morgan fingerprint density at radius 1 is 1.12 bits per heavy atom. The van der Waals surface area contributed by atoms with Gasteiger partial charge >= 0.3 is 0 Å². The fourth-order valence-corrected chi connectivity index (χ4v) is 5.85. The van der Waals surface area contributed by atoms with Crippen LogP contribution in [0.4, 0.5) is 0 Å². The molecule has 2 heterocycles. The Morgan fingerprint density at radius 3 is 2.72 bits per heavy atom. The number of H-pyrrole nitrogens is 1. The van der Waals surface area contributed by atoms with Crippen molar-refractivity contribution in [2.75, 3.05) is 6.54 Å². The standard InChI is InChI=1S/C19H19ClN2O2S/c20-17-8-2-4-10-19(17)25(23,24)22-11-5-6-15(22)12-14-13-21-18-9-3-1-7-16(14)18/h1-4,7-10,13,15,21H,5-6,11-12H2. The van der Waals surface area contributed by atoms with Crippen LogP contribution in [0.2, 0.25) is 5.02 Å². The van der Waals surface area contributed by atoms with Gasteiger partial charge in [-0.15, -0.1) is 0 Å². The molecule has 0 saturated carbocycles. The molecule has 0 radical (unpaired) electrons. The molecule has 6 heteroatoms. The van der Waals surface area contributed by atoms with Crippen molar-refractivity contribution in [3.05, 3.63) is 65.3 Å². The van der Waals surface area contributed by atoms with Crippen LogP contribution in [0.15, 0.2) is 59.6 Å². The number of nitrogens with zero attached hydrogens (tertiary/aromatic N) is 1. The van der Waals surface area contributed by atoms with Crippen LogP contribution in [-0.4, -0.2) is 30.3 Å². The van der Waals surface area contributed by atoms with Crippen LogP contribution in [-0.2, 0) is 16.4 Å². The summed E-state index contributed by atoms with van der Waals surface area (Å²) < 4.78 is 27.8. The van der Waals surface area contributed by atoms with Gasteiger partial charge in [0.25, 0.3) is 0 Å². The highest BCUT2D eigenvalue weighted by molar-refractivity contribution is 7.89. The Balaban J connectivity index is 1.66. The van der Waals surface area contributed by atoms with E-state index >= 15 is 0 Å². The van der Waals surface area contributed by atoms with Crippen molar-refractivity contribution in [2.45, 2.75) is 30.2 Å². The third kappa shape index (κ3) is 2.97. The van der Waals surface area contributed by atoms with E-state index in [9.17, 15) is 8.42 Å². The second-order valence-corrected chi connectivity index (χ2v) is 8.67. The maximum Gasteiger partial charge on any atom is 0.244 e. The van der Waals surface area contributed by atoms with Crippen LogP contribution in [0.1, 0.15) is 18.4 Å². The molecule has 1 saturated heterocycles. The summed E-state index contributed by atoms with van der Waals surface area (Å²) in [6, 6.07) is 14.7. The molecule has 2 aromatic carbocycles. The van der Waals surface area contributed by atoms with Gasteiger partial charge in [-0.1, -0.05) is 41.9 Å². The number of aromatic nitrogens is 1. The maximum absolute atomic E-state index is 13.1. The van der Waals surface area contributed by atoms with Crippen molar-refractivity contribution in [3.63, 3.8) is 0 Å². The van der Waals surface area contributed by atoms with E-state index in [-0.39, 0.29) is 16.0 Å². The van der Waals surface area contributed by atoms with Crippen molar-refractivity contribution in [3.8, 4) is 0 Å². The van der Waals surface area contributed by atoms with Gasteiger partial charge in [-0.25, -0.2) is 8.42 Å². The molecule has 1 aromatic heterocycles. The average Bonchev–Trinajstić information content (AvgIpc) is 3.23. The SMILES string of the molecule is O=S(=O)(c1ccccc1Cl)N1CCCC1Cc1c[nH]c2ccccc12. The smallest absolute Gasteiger partial charge is 0.244 e. The highest BCUT2D eigenvalue weighted by Crippen LogP contribution is 2.32. The van der Waals surface area contributed by atoms with Crippen LogP contribution in [0.5, 0.6) is 0 Å². The molecule has 25 heavy (non-hydrogen) atoms. The molecule has 3 aromatic rings. The van der Waals surface area contributed by atoms with Crippen molar-refractivity contribution >= 4 is 32.5 Å². The van der Waals surface area contributed by atoms with Crippen molar-refractivity contribution < 1.29 is 8.42 Å². The zero-order valence-corrected chi connectivity index (χ0v) is 15.2. The summed E-state index contributed by atoms with van der Waals surface area (Å²) in [6.07, 6.45) is 4.43. The fraction of sp³-hybridized carbons (Fsp3) is 0.263. The topological polar surface area (TPSA) is 53.2 Å². The normalized spacial score (nSPS) is 18.8. The van der Waals surface area contributed by atoms with E-state index in [4.69, 9.17) is 11.6 Å². The molecule has 1 aliphatic heterocycles. The summed E-state index contributed by atoms with van der Waals surface area (Å²) in [7, 11) is -3.58. The monoisotopic (exact) mass is 374 g/mol. The maximum atomic E-state index is 13.1. The Bertz CT molecular complexity index is 1010. The van der Waals surface area contributed by atoms with Gasteiger partial charge in [0.05, 0.1) is 5.02 Å². The zero-order valence-electron chi connectivity index (χ0n) is 13.7. The molecule has 1 fully saturated rings. The van der Waals surface area contributed by atoms with Gasteiger partial charge in [0.1, 0.15) is 4.90 Å². The number of halogens is 1. The molecule has 0 spiro atoms. The van der Waals surface area contributed by atoms with Crippen molar-refractivity contribution in [1.29, 1.82) is 0 Å². The molecule has 4 nitrogen and oxygen atoms in total. The molecule has 0 amide bonds. The molecule has 130 valence electrons. The second kappa shape index (κ2) is 6.48. The Hall–Kier alpha value is -1.82. The minimum Gasteiger partial charge on any atom is -0.361 e. The second-order valence-electron chi connectivity index (χ2n) is 6.41. The molecule has 1 aliphatic rings. The lowest BCUT2D eigenvalue weighted by Gasteiger charge is -2.24. The summed E-state index contributed by atoms with van der Waals surface area (Å²) in [4.78, 5) is 3.46. The Labute approximate surface area is 152 Å². The minimum atomic E-state index is -3.58. The number of hydrogen-bond donors (Lipinski definition) is 1. The number of benzene rings is 2. The highest BCUT2D eigenvalue weighted by atomic mass is 35.5. The zero-order chi connectivity index (χ0) is 17.4. The van der Waals surface area contributed by atoms with Crippen LogP contribution in [0.3, 0.4) is 0 Å². The number of fused-ring (bicyclic) bond motifs is 1. The summed E-state index contributed by atoms with van der Waals surface area (Å²) in [5, 5.41) is 1.43. The number of rotatable bonds is 4. The van der Waals surface area contributed by atoms with E-state index in [1.807, 2.05) is 24.4 Å². The van der Waals surface area contributed by atoms with Crippen LogP contribution in [0, 0.1) is 0 Å². The first-order chi connectivity index (χ1) is 12.1. The van der Waals surface area contributed by atoms with Gasteiger partial charge in [0, 0.05) is 29.7 Å². The summed E-state index contributed by atoms with van der Waals surface area (Å²) in [5.41, 5.74) is 2.23. The van der Waals surface area contributed by atoms with Gasteiger partial charge < -0.3 is 4.98 Å². The van der Waals surface area contributed by atoms with Gasteiger partial charge in [-0.3, -0.25) is 0 Å². The lowest BCUT2D eigenvalue weighted by Crippen LogP contribution is -2.36. The number of nitrogens with one attached hydrogen (secondary N) is 1. The van der Waals surface area contributed by atoms with E-state index < -0.39 is 10.0 Å². The largest absolute Gasteiger partial charge is 0.361 e. The van der Waals surface area contributed by atoms with Crippen LogP contribution < -0.4 is 0 Å². The summed E-state index contributed by atoms with van der Waals surface area (Å²) in [5.74, 6) is 0. The molecule has 0 aliphatic carbocycles. The molecule has 0 bridgehead atoms. The van der Waals surface area contributed by atoms with E-state index in [1.54, 1.807) is 28.6 Å². The summed E-state index contributed by atoms with van der Waals surface area (Å²) in [6.45, 7) is 0.542. The van der Waals surface area contributed by atoms with E-state index in [1.165, 1.54) is 0 Å². The van der Waals surface area contributed by atoms with Crippen LogP contribution >= 0.6 is 11.6 Å². The molecule has 1 unspecified atom stereocenters. The van der Waals surface area contributed by atoms with Gasteiger partial charge in [0.15, 0.2) is 0 Å². The predicted molar refractivity (Wildman–Crippen MR) is 100 cm³/mol. The number of para-hydroxylation sites is 1. The lowest BCUT2D eigenvalue weighted by atomic mass is 10.0. The third-order valence-corrected chi connectivity index (χ3v) is 7.33. The average molecular weight is 375 g/mol. The van der Waals surface area contributed by atoms with E-state index in [0.29, 0.717) is 13.0 Å². The summed E-state index contributed by atoms with van der Waals surface area (Å²) >= 11 is 6.14. The van der Waals surface area contributed by atoms with E-state index in [0.717, 1.165) is 29.3 Å². The van der Waals surface area contributed by atoms with Gasteiger partial charge in [0.2, 0.25) is 10.0 Å². The first-order valence-electron chi connectivity index (χ1n) is 8.39. The molecule has 1 N–H and O–H groups in total. The van der Waals surface area contributed by atoms with Crippen LogP contribution in [0.25, 0.3) is 10.9 Å². The highest BCUT2D eigenvalue weighted by Gasteiger charge is 2.36. The van der Waals surface area contributed by atoms with Crippen molar-refractivity contribution in [2.24, 2.45) is 0 Å². The molecular weight excluding hydrogens is 356 g/mol. The predicted octanol–water partition coefficient (Wildman–Crippen LogP) is 4.22. The number of hydrogen-bond acceptors (Lipinski definition) is 2. The first kappa shape index (κ1) is 16.6. The third-order valence-electron chi connectivity index (χ3n) is 4.88. The van der Waals surface area contributed by atoms with E-state index in [2.05, 4.69) is 11.1 Å².